The van der Waals surface area contributed by atoms with Gasteiger partial charge in [-0.2, -0.15) is 0 Å². The Morgan fingerprint density at radius 1 is 1.57 bits per heavy atom. The molecule has 0 aromatic carbocycles. The van der Waals surface area contributed by atoms with E-state index in [2.05, 4.69) is 0 Å². The van der Waals surface area contributed by atoms with Crippen LogP contribution in [0.5, 0.6) is 0 Å². The van der Waals surface area contributed by atoms with E-state index in [-0.39, 0.29) is 0 Å². The first-order valence-corrected chi connectivity index (χ1v) is 3.16. The first kappa shape index (κ1) is 7.59. The number of rotatable bonds is 1. The lowest BCUT2D eigenvalue weighted by molar-refractivity contribution is 0.152. The molecule has 0 spiro atoms. The zero-order valence-electron chi connectivity index (χ0n) is 4.21. The van der Waals surface area contributed by atoms with E-state index >= 15 is 0 Å². The molecule has 0 heterocycles. The van der Waals surface area contributed by atoms with Crippen LogP contribution >= 0.6 is 22.6 Å². The van der Waals surface area contributed by atoms with E-state index in [0.29, 0.717) is 0 Å². The molecule has 7 heavy (non-hydrogen) atoms. The molecule has 0 nitrogen and oxygen atoms in total. The third kappa shape index (κ3) is 3.20. The van der Waals surface area contributed by atoms with Gasteiger partial charge in [-0.25, -0.2) is 8.78 Å². The lowest BCUT2D eigenvalue weighted by Gasteiger charge is -2.12. The molecule has 0 saturated heterocycles. The molecule has 0 aliphatic carbocycles. The highest BCUT2D eigenvalue weighted by Crippen LogP contribution is 2.22. The molecule has 0 aromatic rings. The summed E-state index contributed by atoms with van der Waals surface area (Å²) >= 11 is 1.41. The predicted octanol–water partition coefficient (Wildman–Crippen LogP) is 2.47. The Morgan fingerprint density at radius 2 is 1.71 bits per heavy atom. The van der Waals surface area contributed by atoms with Crippen molar-refractivity contribution in [3.8, 4) is 0 Å². The smallest absolute Gasteiger partial charge is 0.184 e. The molecule has 0 aromatic heterocycles. The van der Waals surface area contributed by atoms with Crippen LogP contribution in [0.25, 0.3) is 0 Å². The highest BCUT2D eigenvalue weighted by atomic mass is 127. The normalized spacial score (nSPS) is 16.7. The Kier molecular flexibility index (Phi) is 2.43. The number of alkyl halides is 3. The third-order valence-corrected chi connectivity index (χ3v) is 2.00. The average Bonchev–Trinajstić information content (AvgIpc) is 1.31. The summed E-state index contributed by atoms with van der Waals surface area (Å²) in [4.78, 5) is 0. The quantitative estimate of drug-likeness (QED) is 0.470. The maximum atomic E-state index is 12.1. The van der Waals surface area contributed by atoms with Gasteiger partial charge >= 0.3 is 0 Å². The third-order valence-electron chi connectivity index (χ3n) is 0.519. The van der Waals surface area contributed by atoms with Crippen molar-refractivity contribution in [2.75, 3.05) is 0 Å². The van der Waals surface area contributed by atoms with Gasteiger partial charge in [-0.3, -0.25) is 0 Å². The van der Waals surface area contributed by atoms with Crippen LogP contribution < -0.4 is 0 Å². The first-order valence-electron chi connectivity index (χ1n) is 1.91. The van der Waals surface area contributed by atoms with E-state index in [9.17, 15) is 8.78 Å². The lowest BCUT2D eigenvalue weighted by Crippen LogP contribution is -2.21. The summed E-state index contributed by atoms with van der Waals surface area (Å²) in [5, 5.41) is 0. The Hall–Kier alpha value is 0.590. The number of hydrogen-bond donors (Lipinski definition) is 0. The summed E-state index contributed by atoms with van der Waals surface area (Å²) < 4.78 is 22.6. The molecule has 44 valence electrons. The van der Waals surface area contributed by atoms with Crippen molar-refractivity contribution in [3.05, 3.63) is 0 Å². The van der Waals surface area contributed by atoms with Crippen molar-refractivity contribution in [1.29, 1.82) is 0 Å². The maximum absolute atomic E-state index is 12.1. The van der Waals surface area contributed by atoms with Crippen LogP contribution in [0.1, 0.15) is 13.8 Å². The maximum Gasteiger partial charge on any atom is 0.184 e. The minimum atomic E-state index is -1.68. The largest absolute Gasteiger partial charge is 0.240 e. The monoisotopic (exact) mass is 220 g/mol. The highest BCUT2D eigenvalue weighted by Gasteiger charge is 2.25. The van der Waals surface area contributed by atoms with E-state index in [1.54, 1.807) is 0 Å². The van der Waals surface area contributed by atoms with Crippen molar-refractivity contribution < 1.29 is 8.78 Å². The van der Waals surface area contributed by atoms with Gasteiger partial charge in [0.25, 0.3) is 0 Å². The fraction of sp³-hybridized carbons (Fsp3) is 1.00. The summed E-state index contributed by atoms with van der Waals surface area (Å²) in [6, 6.07) is 0. The zero-order chi connectivity index (χ0) is 6.08. The van der Waals surface area contributed by atoms with E-state index in [0.717, 1.165) is 0 Å². The molecule has 0 saturated carbocycles. The molecule has 0 aliphatic rings. The van der Waals surface area contributed by atoms with Crippen molar-refractivity contribution in [3.63, 3.8) is 0 Å². The van der Waals surface area contributed by atoms with Crippen LogP contribution in [0, 0.1) is 0 Å². The minimum Gasteiger partial charge on any atom is -0.240 e. The molecule has 0 rings (SSSR count). The second kappa shape index (κ2) is 2.24. The van der Waals surface area contributed by atoms with Gasteiger partial charge in [-0.05, 0) is 36.4 Å². The second-order valence-electron chi connectivity index (χ2n) is 1.87. The van der Waals surface area contributed by atoms with Crippen LogP contribution in [0.15, 0.2) is 0 Å². The molecule has 0 radical (unpaired) electrons. The summed E-state index contributed by atoms with van der Waals surface area (Å²) in [5.74, 6) is 0. The number of halogens is 3. The SMILES string of the molecule is CC(C)(F)C(F)I. The summed E-state index contributed by atoms with van der Waals surface area (Å²) in [7, 11) is 0. The Morgan fingerprint density at radius 3 is 1.71 bits per heavy atom. The van der Waals surface area contributed by atoms with Crippen LogP contribution in [0.3, 0.4) is 0 Å². The summed E-state index contributed by atoms with van der Waals surface area (Å²) in [6.45, 7) is 2.42. The standard InChI is InChI=1S/C4H7F2I/c1-4(2,6)3(5)7/h3H,1-2H3. The Labute approximate surface area is 55.4 Å². The lowest BCUT2D eigenvalue weighted by atomic mass is 10.2. The van der Waals surface area contributed by atoms with Gasteiger partial charge in [0.1, 0.15) is 5.67 Å². The average molecular weight is 220 g/mol. The molecule has 0 N–H and O–H groups in total. The van der Waals surface area contributed by atoms with Crippen LogP contribution in [0.4, 0.5) is 8.78 Å². The van der Waals surface area contributed by atoms with E-state index in [1.165, 1.54) is 36.4 Å². The van der Waals surface area contributed by atoms with E-state index in [4.69, 9.17) is 0 Å². The molecular weight excluding hydrogens is 213 g/mol. The minimum absolute atomic E-state index is 1.21. The van der Waals surface area contributed by atoms with Crippen molar-refractivity contribution in [2.24, 2.45) is 0 Å². The molecule has 0 amide bonds. The molecule has 0 fully saturated rings. The molecule has 0 bridgehead atoms. The Balaban J connectivity index is 3.54. The fourth-order valence-electron chi connectivity index (χ4n) is 0. The van der Waals surface area contributed by atoms with Gasteiger partial charge in [0.15, 0.2) is 4.18 Å². The molecule has 1 atom stereocenters. The zero-order valence-corrected chi connectivity index (χ0v) is 6.37. The van der Waals surface area contributed by atoms with Gasteiger partial charge in [0.05, 0.1) is 0 Å². The van der Waals surface area contributed by atoms with E-state index in [1.807, 2.05) is 0 Å². The van der Waals surface area contributed by atoms with Crippen LogP contribution in [-0.4, -0.2) is 9.85 Å². The molecule has 0 aliphatic heterocycles. The van der Waals surface area contributed by atoms with Crippen molar-refractivity contribution >= 4 is 22.6 Å². The topological polar surface area (TPSA) is 0 Å². The molecule has 3 heteroatoms. The second-order valence-corrected chi connectivity index (χ2v) is 2.96. The predicted molar refractivity (Wildman–Crippen MR) is 34.1 cm³/mol. The van der Waals surface area contributed by atoms with Gasteiger partial charge in [-0.15, -0.1) is 0 Å². The summed E-state index contributed by atoms with van der Waals surface area (Å²) in [5.41, 5.74) is -1.68. The van der Waals surface area contributed by atoms with Gasteiger partial charge in [0.2, 0.25) is 0 Å². The van der Waals surface area contributed by atoms with Crippen LogP contribution in [0.2, 0.25) is 0 Å². The molecular formula is C4H7F2I. The van der Waals surface area contributed by atoms with Crippen molar-refractivity contribution in [2.45, 2.75) is 23.7 Å². The summed E-state index contributed by atoms with van der Waals surface area (Å²) in [6.07, 6.45) is 0. The van der Waals surface area contributed by atoms with Crippen LogP contribution in [-0.2, 0) is 0 Å². The van der Waals surface area contributed by atoms with Gasteiger partial charge in [-0.1, -0.05) is 0 Å². The van der Waals surface area contributed by atoms with Gasteiger partial charge < -0.3 is 0 Å². The van der Waals surface area contributed by atoms with Gasteiger partial charge in [0, 0.05) is 0 Å². The highest BCUT2D eigenvalue weighted by molar-refractivity contribution is 14.1. The Bertz CT molecular complexity index is 55.2. The number of hydrogen-bond acceptors (Lipinski definition) is 0. The van der Waals surface area contributed by atoms with Crippen molar-refractivity contribution in [1.82, 2.24) is 0 Å². The first-order chi connectivity index (χ1) is 2.94. The fourth-order valence-corrected chi connectivity index (χ4v) is 0. The van der Waals surface area contributed by atoms with E-state index < -0.39 is 9.85 Å². The molecule has 1 unspecified atom stereocenters.